The van der Waals surface area contributed by atoms with Crippen molar-refractivity contribution in [2.45, 2.75) is 18.7 Å². The first kappa shape index (κ1) is 18.7. The topological polar surface area (TPSA) is 93.8 Å². The zero-order chi connectivity index (χ0) is 19.3. The highest BCUT2D eigenvalue weighted by atomic mass is 32.2. The number of ether oxygens (including phenoxy) is 1. The second kappa shape index (κ2) is 8.05. The highest BCUT2D eigenvalue weighted by Gasteiger charge is 2.15. The van der Waals surface area contributed by atoms with E-state index in [1.165, 1.54) is 18.2 Å². The predicted octanol–water partition coefficient (Wildman–Crippen LogP) is 3.93. The zero-order valence-corrected chi connectivity index (χ0v) is 15.7. The largest absolute Gasteiger partial charge is 0.494 e. The average Bonchev–Trinajstić information content (AvgIpc) is 3.06. The summed E-state index contributed by atoms with van der Waals surface area (Å²) in [4.78, 5) is 4.47. The van der Waals surface area contributed by atoms with Crippen LogP contribution in [0.2, 0.25) is 0 Å². The molecule has 0 aliphatic carbocycles. The molecule has 0 aliphatic rings. The molecule has 3 aromatic rings. The Balaban J connectivity index is 1.69. The van der Waals surface area contributed by atoms with Crippen LogP contribution in [-0.2, 0) is 10.0 Å². The second-order valence-corrected chi connectivity index (χ2v) is 7.36. The van der Waals surface area contributed by atoms with Crippen molar-refractivity contribution in [3.63, 3.8) is 0 Å². The fourth-order valence-corrected chi connectivity index (χ4v) is 3.27. The molecule has 27 heavy (non-hydrogen) atoms. The van der Waals surface area contributed by atoms with Crippen molar-refractivity contribution in [3.05, 3.63) is 65.9 Å². The molecular formula is C19H19N3O4S. The third-order valence-corrected chi connectivity index (χ3v) is 4.94. The van der Waals surface area contributed by atoms with Gasteiger partial charge in [0, 0.05) is 12.3 Å². The molecule has 7 nitrogen and oxygen atoms in total. The highest BCUT2D eigenvalue weighted by Crippen LogP contribution is 2.20. The number of rotatable bonds is 7. The number of nitrogens with zero attached hydrogens (tertiary/aromatic N) is 2. The summed E-state index contributed by atoms with van der Waals surface area (Å²) in [6.45, 7) is 4.23. The van der Waals surface area contributed by atoms with Crippen LogP contribution in [0.25, 0.3) is 0 Å². The maximum atomic E-state index is 12.3. The minimum absolute atomic E-state index is 0.114. The lowest BCUT2D eigenvalue weighted by atomic mass is 10.2. The van der Waals surface area contributed by atoms with E-state index in [1.54, 1.807) is 25.3 Å². The molecule has 1 heterocycles. The van der Waals surface area contributed by atoms with Crippen LogP contribution in [0.4, 0.5) is 11.5 Å². The van der Waals surface area contributed by atoms with Crippen LogP contribution in [0, 0.1) is 6.92 Å². The smallest absolute Gasteiger partial charge is 0.263 e. The zero-order valence-electron chi connectivity index (χ0n) is 14.9. The van der Waals surface area contributed by atoms with Crippen LogP contribution in [0.3, 0.4) is 0 Å². The van der Waals surface area contributed by atoms with E-state index >= 15 is 0 Å². The molecule has 0 amide bonds. The van der Waals surface area contributed by atoms with Crippen LogP contribution in [0.15, 0.2) is 69.0 Å². The Labute approximate surface area is 157 Å². The van der Waals surface area contributed by atoms with Crippen molar-refractivity contribution in [3.8, 4) is 5.75 Å². The van der Waals surface area contributed by atoms with Gasteiger partial charge in [-0.2, -0.15) is 0 Å². The van der Waals surface area contributed by atoms with Crippen molar-refractivity contribution in [2.24, 2.45) is 4.99 Å². The fourth-order valence-electron chi connectivity index (χ4n) is 2.29. The molecule has 8 heteroatoms. The summed E-state index contributed by atoms with van der Waals surface area (Å²) < 4.78 is 37.3. The molecule has 0 spiro atoms. The standard InChI is InChI=1S/C19H19N3O4S/c1-3-25-17-8-4-15(5-9-17)13-20-16-6-10-18(11-7-16)27(23,24)22-19-12-14(2)26-21-19/h4-13H,3H2,1-2H3,(H,21,22). The third-order valence-electron chi connectivity index (χ3n) is 3.57. The molecule has 3 rings (SSSR count). The number of aliphatic imine (C=N–C) groups is 1. The number of aryl methyl sites for hydroxylation is 1. The molecule has 0 unspecified atom stereocenters. The molecule has 0 bridgehead atoms. The molecule has 0 radical (unpaired) electrons. The van der Waals surface area contributed by atoms with Crippen molar-refractivity contribution >= 4 is 27.7 Å². The second-order valence-electron chi connectivity index (χ2n) is 5.68. The van der Waals surface area contributed by atoms with Crippen LogP contribution in [0.5, 0.6) is 5.75 Å². The van der Waals surface area contributed by atoms with E-state index in [0.29, 0.717) is 18.1 Å². The van der Waals surface area contributed by atoms with Gasteiger partial charge in [-0.3, -0.25) is 9.71 Å². The van der Waals surface area contributed by atoms with Crippen LogP contribution in [-0.4, -0.2) is 26.4 Å². The summed E-state index contributed by atoms with van der Waals surface area (Å²) in [7, 11) is -3.73. The molecule has 0 aliphatic heterocycles. The number of nitrogens with one attached hydrogen (secondary N) is 1. The van der Waals surface area contributed by atoms with E-state index in [1.807, 2.05) is 31.2 Å². The van der Waals surface area contributed by atoms with Crippen molar-refractivity contribution in [2.75, 3.05) is 11.3 Å². The Hall–Kier alpha value is -3.13. The van der Waals surface area contributed by atoms with Crippen molar-refractivity contribution in [1.29, 1.82) is 0 Å². The lowest BCUT2D eigenvalue weighted by Crippen LogP contribution is -2.12. The van der Waals surface area contributed by atoms with Gasteiger partial charge in [-0.05, 0) is 67.9 Å². The number of aromatic nitrogens is 1. The molecule has 1 aromatic heterocycles. The third kappa shape index (κ3) is 4.95. The quantitative estimate of drug-likeness (QED) is 0.622. The number of benzene rings is 2. The number of hydrogen-bond donors (Lipinski definition) is 1. The van der Waals surface area contributed by atoms with Gasteiger partial charge in [-0.25, -0.2) is 8.42 Å². The Morgan fingerprint density at radius 1 is 1.15 bits per heavy atom. The van der Waals surface area contributed by atoms with Crippen molar-refractivity contribution in [1.82, 2.24) is 5.16 Å². The van der Waals surface area contributed by atoms with Gasteiger partial charge in [0.25, 0.3) is 10.0 Å². The summed E-state index contributed by atoms with van der Waals surface area (Å²) in [5.41, 5.74) is 1.55. The average molecular weight is 385 g/mol. The van der Waals surface area contributed by atoms with Gasteiger partial charge < -0.3 is 9.26 Å². The predicted molar refractivity (Wildman–Crippen MR) is 103 cm³/mol. The van der Waals surface area contributed by atoms with Gasteiger partial charge in [-0.1, -0.05) is 5.16 Å². The van der Waals surface area contributed by atoms with Crippen LogP contribution in [0.1, 0.15) is 18.2 Å². The molecular weight excluding hydrogens is 366 g/mol. The molecule has 0 atom stereocenters. The molecule has 1 N–H and O–H groups in total. The van der Waals surface area contributed by atoms with Gasteiger partial charge in [0.05, 0.1) is 17.2 Å². The summed E-state index contributed by atoms with van der Waals surface area (Å²) in [5, 5.41) is 3.63. The van der Waals surface area contributed by atoms with Gasteiger partial charge in [0.2, 0.25) is 0 Å². The Morgan fingerprint density at radius 3 is 2.44 bits per heavy atom. The van der Waals surface area contributed by atoms with Crippen LogP contribution < -0.4 is 9.46 Å². The van der Waals surface area contributed by atoms with Gasteiger partial charge >= 0.3 is 0 Å². The van der Waals surface area contributed by atoms with Crippen molar-refractivity contribution < 1.29 is 17.7 Å². The van der Waals surface area contributed by atoms with E-state index in [2.05, 4.69) is 14.9 Å². The van der Waals surface area contributed by atoms with Gasteiger partial charge in [-0.15, -0.1) is 0 Å². The van der Waals surface area contributed by atoms with Gasteiger partial charge in [0.1, 0.15) is 11.5 Å². The van der Waals surface area contributed by atoms with E-state index < -0.39 is 10.0 Å². The Bertz CT molecular complexity index is 1020. The molecule has 2 aromatic carbocycles. The van der Waals surface area contributed by atoms with Crippen LogP contribution >= 0.6 is 0 Å². The summed E-state index contributed by atoms with van der Waals surface area (Å²) in [5.74, 6) is 1.47. The lowest BCUT2D eigenvalue weighted by Gasteiger charge is -2.05. The molecule has 0 fully saturated rings. The van der Waals surface area contributed by atoms with E-state index in [9.17, 15) is 8.42 Å². The SMILES string of the molecule is CCOc1ccc(C=Nc2ccc(S(=O)(=O)Nc3cc(C)on3)cc2)cc1. The summed E-state index contributed by atoms with van der Waals surface area (Å²) in [6.07, 6.45) is 1.70. The highest BCUT2D eigenvalue weighted by molar-refractivity contribution is 7.92. The first-order chi connectivity index (χ1) is 13.0. The minimum Gasteiger partial charge on any atom is -0.494 e. The molecule has 0 saturated heterocycles. The van der Waals surface area contributed by atoms with E-state index in [4.69, 9.17) is 9.26 Å². The minimum atomic E-state index is -3.73. The Kier molecular flexibility index (Phi) is 5.56. The first-order valence-corrected chi connectivity index (χ1v) is 9.78. The monoisotopic (exact) mass is 385 g/mol. The summed E-state index contributed by atoms with van der Waals surface area (Å²) in [6, 6.07) is 15.3. The summed E-state index contributed by atoms with van der Waals surface area (Å²) >= 11 is 0. The van der Waals surface area contributed by atoms with E-state index in [0.717, 1.165) is 11.3 Å². The first-order valence-electron chi connectivity index (χ1n) is 8.29. The molecule has 0 saturated carbocycles. The lowest BCUT2D eigenvalue weighted by molar-refractivity contribution is 0.340. The van der Waals surface area contributed by atoms with Gasteiger partial charge in [0.15, 0.2) is 5.82 Å². The fraction of sp³-hybridized carbons (Fsp3) is 0.158. The maximum Gasteiger partial charge on any atom is 0.263 e. The molecule has 140 valence electrons. The number of sulfonamides is 1. The number of anilines is 1. The normalized spacial score (nSPS) is 11.6. The number of hydrogen-bond acceptors (Lipinski definition) is 6. The van der Waals surface area contributed by atoms with E-state index in [-0.39, 0.29) is 10.7 Å². The Morgan fingerprint density at radius 2 is 1.85 bits per heavy atom. The maximum absolute atomic E-state index is 12.3.